The Morgan fingerprint density at radius 1 is 1.11 bits per heavy atom. The molecule has 2 heterocycles. The Balaban J connectivity index is 1.38. The van der Waals surface area contributed by atoms with Gasteiger partial charge in [-0.05, 0) is 48.2 Å². The number of thiazole rings is 1. The van der Waals surface area contributed by atoms with Gasteiger partial charge >= 0.3 is 0 Å². The van der Waals surface area contributed by atoms with Gasteiger partial charge in [-0.15, -0.1) is 0 Å². The van der Waals surface area contributed by atoms with E-state index in [9.17, 15) is 0 Å². The van der Waals surface area contributed by atoms with Gasteiger partial charge in [0.2, 0.25) is 0 Å². The summed E-state index contributed by atoms with van der Waals surface area (Å²) in [6, 6.07) is 13.5. The van der Waals surface area contributed by atoms with Crippen LogP contribution in [0.2, 0.25) is 0 Å². The minimum absolute atomic E-state index is 0.589. The molecule has 2 aromatic heterocycles. The van der Waals surface area contributed by atoms with Gasteiger partial charge in [0.05, 0.1) is 27.6 Å². The SMILES string of the molecule is C=Cc1ccc2c(c1)ncn2Cc1ccc2nc(NC3CCCCC3)sc2c1. The van der Waals surface area contributed by atoms with E-state index in [1.165, 1.54) is 42.4 Å². The lowest BCUT2D eigenvalue weighted by Crippen LogP contribution is -2.21. The molecule has 0 amide bonds. The number of nitrogens with one attached hydrogen (secondary N) is 1. The first-order valence-corrected chi connectivity index (χ1v) is 10.8. The predicted octanol–water partition coefficient (Wildman–Crippen LogP) is 6.08. The maximum Gasteiger partial charge on any atom is 0.184 e. The molecule has 0 spiro atoms. The molecule has 0 saturated heterocycles. The quantitative estimate of drug-likeness (QED) is 0.450. The molecule has 0 atom stereocenters. The fraction of sp³-hybridized carbons (Fsp3) is 0.304. The number of hydrogen-bond acceptors (Lipinski definition) is 4. The monoisotopic (exact) mass is 388 g/mol. The summed E-state index contributed by atoms with van der Waals surface area (Å²) in [4.78, 5) is 9.34. The Labute approximate surface area is 168 Å². The Kier molecular flexibility index (Phi) is 4.61. The van der Waals surface area contributed by atoms with Crippen LogP contribution >= 0.6 is 11.3 Å². The normalized spacial score (nSPS) is 15.3. The highest BCUT2D eigenvalue weighted by molar-refractivity contribution is 7.22. The van der Waals surface area contributed by atoms with Gasteiger partial charge in [0.1, 0.15) is 0 Å². The summed E-state index contributed by atoms with van der Waals surface area (Å²) in [7, 11) is 0. The molecule has 4 aromatic rings. The first-order chi connectivity index (χ1) is 13.8. The van der Waals surface area contributed by atoms with Crippen LogP contribution in [0.1, 0.15) is 43.2 Å². The lowest BCUT2D eigenvalue weighted by Gasteiger charge is -2.22. The Bertz CT molecular complexity index is 1130. The van der Waals surface area contributed by atoms with Gasteiger partial charge in [0, 0.05) is 12.6 Å². The van der Waals surface area contributed by atoms with E-state index in [1.807, 2.05) is 12.4 Å². The van der Waals surface area contributed by atoms with Crippen LogP contribution in [0.25, 0.3) is 27.3 Å². The van der Waals surface area contributed by atoms with Gasteiger partial charge < -0.3 is 9.88 Å². The summed E-state index contributed by atoms with van der Waals surface area (Å²) in [5.41, 5.74) is 5.61. The molecule has 0 radical (unpaired) electrons. The summed E-state index contributed by atoms with van der Waals surface area (Å²) in [5.74, 6) is 0. The number of benzene rings is 2. The Hall–Kier alpha value is -2.66. The van der Waals surface area contributed by atoms with Crippen molar-refractivity contribution in [1.82, 2.24) is 14.5 Å². The first kappa shape index (κ1) is 17.4. The molecule has 5 rings (SSSR count). The lowest BCUT2D eigenvalue weighted by atomic mass is 9.96. The fourth-order valence-electron chi connectivity index (χ4n) is 4.08. The molecule has 0 aliphatic heterocycles. The number of rotatable bonds is 5. The highest BCUT2D eigenvalue weighted by atomic mass is 32.1. The zero-order valence-corrected chi connectivity index (χ0v) is 16.7. The average Bonchev–Trinajstić information content (AvgIpc) is 3.31. The van der Waals surface area contributed by atoms with Crippen LogP contribution in [0.3, 0.4) is 0 Å². The van der Waals surface area contributed by atoms with E-state index in [1.54, 1.807) is 11.3 Å². The van der Waals surface area contributed by atoms with Crippen molar-refractivity contribution in [3.8, 4) is 0 Å². The van der Waals surface area contributed by atoms with Crippen molar-refractivity contribution >= 4 is 43.8 Å². The lowest BCUT2D eigenvalue weighted by molar-refractivity contribution is 0.462. The van der Waals surface area contributed by atoms with E-state index in [4.69, 9.17) is 4.98 Å². The molecule has 1 aliphatic rings. The van der Waals surface area contributed by atoms with E-state index >= 15 is 0 Å². The molecule has 28 heavy (non-hydrogen) atoms. The Morgan fingerprint density at radius 3 is 2.86 bits per heavy atom. The number of hydrogen-bond donors (Lipinski definition) is 1. The molecule has 0 unspecified atom stereocenters. The molecule has 1 fully saturated rings. The maximum absolute atomic E-state index is 4.79. The number of nitrogens with zero attached hydrogens (tertiary/aromatic N) is 3. The van der Waals surface area contributed by atoms with Crippen molar-refractivity contribution in [2.45, 2.75) is 44.7 Å². The van der Waals surface area contributed by atoms with Crippen molar-refractivity contribution in [2.75, 3.05) is 5.32 Å². The van der Waals surface area contributed by atoms with E-state index < -0.39 is 0 Å². The van der Waals surface area contributed by atoms with E-state index in [2.05, 4.69) is 57.8 Å². The molecule has 142 valence electrons. The maximum atomic E-state index is 4.79. The smallest absolute Gasteiger partial charge is 0.184 e. The molecule has 1 aliphatic carbocycles. The van der Waals surface area contributed by atoms with Crippen LogP contribution in [0.5, 0.6) is 0 Å². The van der Waals surface area contributed by atoms with Crippen LogP contribution in [-0.4, -0.2) is 20.6 Å². The standard InChI is InChI=1S/C23H24N4S/c1-2-16-9-11-21-20(12-16)24-15-27(21)14-17-8-10-19-22(13-17)28-23(26-19)25-18-6-4-3-5-7-18/h2,8-13,15,18H,1,3-7,14H2,(H,25,26). The van der Waals surface area contributed by atoms with Gasteiger partial charge in [-0.25, -0.2) is 9.97 Å². The molecular weight excluding hydrogens is 364 g/mol. The van der Waals surface area contributed by atoms with Crippen molar-refractivity contribution < 1.29 is 0 Å². The third-order valence-corrected chi connectivity index (χ3v) is 6.57. The van der Waals surface area contributed by atoms with Crippen LogP contribution in [0.4, 0.5) is 5.13 Å². The van der Waals surface area contributed by atoms with Gasteiger partial charge in [-0.3, -0.25) is 0 Å². The number of fused-ring (bicyclic) bond motifs is 2. The number of aromatic nitrogens is 3. The molecule has 2 aromatic carbocycles. The summed E-state index contributed by atoms with van der Waals surface area (Å²) in [6.45, 7) is 4.64. The summed E-state index contributed by atoms with van der Waals surface area (Å²) >= 11 is 1.77. The molecular formula is C23H24N4S. The van der Waals surface area contributed by atoms with Gasteiger partial charge in [-0.1, -0.05) is 55.4 Å². The van der Waals surface area contributed by atoms with Gasteiger partial charge in [-0.2, -0.15) is 0 Å². The third-order valence-electron chi connectivity index (χ3n) is 5.62. The molecule has 1 N–H and O–H groups in total. The molecule has 5 heteroatoms. The second-order valence-electron chi connectivity index (χ2n) is 7.63. The van der Waals surface area contributed by atoms with Crippen LogP contribution in [0.15, 0.2) is 49.3 Å². The van der Waals surface area contributed by atoms with Gasteiger partial charge in [0.25, 0.3) is 0 Å². The van der Waals surface area contributed by atoms with Crippen molar-refractivity contribution in [3.63, 3.8) is 0 Å². The largest absolute Gasteiger partial charge is 0.359 e. The number of imidazole rings is 1. The molecule has 4 nitrogen and oxygen atoms in total. The highest BCUT2D eigenvalue weighted by Crippen LogP contribution is 2.30. The van der Waals surface area contributed by atoms with E-state index in [0.29, 0.717) is 6.04 Å². The van der Waals surface area contributed by atoms with Crippen molar-refractivity contribution in [3.05, 3.63) is 60.4 Å². The minimum Gasteiger partial charge on any atom is -0.359 e. The zero-order valence-electron chi connectivity index (χ0n) is 15.9. The third kappa shape index (κ3) is 3.42. The predicted molar refractivity (Wildman–Crippen MR) is 119 cm³/mol. The second kappa shape index (κ2) is 7.40. The second-order valence-corrected chi connectivity index (χ2v) is 8.66. The van der Waals surface area contributed by atoms with E-state index in [-0.39, 0.29) is 0 Å². The van der Waals surface area contributed by atoms with Crippen molar-refractivity contribution in [2.24, 2.45) is 0 Å². The highest BCUT2D eigenvalue weighted by Gasteiger charge is 2.15. The molecule has 0 bridgehead atoms. The summed E-state index contributed by atoms with van der Waals surface area (Å²) in [6.07, 6.45) is 10.4. The summed E-state index contributed by atoms with van der Waals surface area (Å²) < 4.78 is 3.44. The molecule has 1 saturated carbocycles. The van der Waals surface area contributed by atoms with Crippen LogP contribution in [0, 0.1) is 0 Å². The van der Waals surface area contributed by atoms with Crippen molar-refractivity contribution in [1.29, 1.82) is 0 Å². The number of anilines is 1. The zero-order chi connectivity index (χ0) is 18.9. The fourth-order valence-corrected chi connectivity index (χ4v) is 5.09. The van der Waals surface area contributed by atoms with Crippen LogP contribution < -0.4 is 5.32 Å². The average molecular weight is 389 g/mol. The Morgan fingerprint density at radius 2 is 2.00 bits per heavy atom. The first-order valence-electron chi connectivity index (χ1n) is 10.0. The van der Waals surface area contributed by atoms with Crippen LogP contribution in [-0.2, 0) is 6.54 Å². The van der Waals surface area contributed by atoms with E-state index in [0.717, 1.165) is 33.8 Å². The summed E-state index contributed by atoms with van der Waals surface area (Å²) in [5, 5.41) is 4.71. The minimum atomic E-state index is 0.589. The van der Waals surface area contributed by atoms with Gasteiger partial charge in [0.15, 0.2) is 5.13 Å². The topological polar surface area (TPSA) is 42.7 Å².